The minimum atomic E-state index is -0.0747. The van der Waals surface area contributed by atoms with E-state index in [0.29, 0.717) is 43.0 Å². The fourth-order valence-corrected chi connectivity index (χ4v) is 3.38. The molecule has 2 aromatic rings. The summed E-state index contributed by atoms with van der Waals surface area (Å²) >= 11 is 0. The molecule has 6 heteroatoms. The highest BCUT2D eigenvalue weighted by molar-refractivity contribution is 5.98. The number of anilines is 1. The van der Waals surface area contributed by atoms with Gasteiger partial charge in [-0.3, -0.25) is 14.4 Å². The number of carbonyl (C=O) groups excluding carboxylic acids is 3. The lowest BCUT2D eigenvalue weighted by atomic mass is 10.1. The van der Waals surface area contributed by atoms with Gasteiger partial charge in [-0.1, -0.05) is 24.3 Å². The third-order valence-electron chi connectivity index (χ3n) is 5.20. The summed E-state index contributed by atoms with van der Waals surface area (Å²) < 4.78 is 0. The van der Waals surface area contributed by atoms with Crippen LogP contribution in [-0.2, 0) is 4.79 Å². The van der Waals surface area contributed by atoms with Gasteiger partial charge >= 0.3 is 0 Å². The van der Waals surface area contributed by atoms with Crippen LogP contribution in [0.15, 0.2) is 54.6 Å². The molecule has 1 aliphatic carbocycles. The first-order valence-corrected chi connectivity index (χ1v) is 9.66. The first-order chi connectivity index (χ1) is 13.6. The Kier molecular flexibility index (Phi) is 5.10. The van der Waals surface area contributed by atoms with Crippen molar-refractivity contribution in [2.45, 2.75) is 12.8 Å². The Bertz CT molecular complexity index is 885. The van der Waals surface area contributed by atoms with E-state index in [0.717, 1.165) is 12.8 Å². The molecule has 0 bridgehead atoms. The Hall–Kier alpha value is -3.15. The van der Waals surface area contributed by atoms with Crippen molar-refractivity contribution in [3.05, 3.63) is 65.7 Å². The Morgan fingerprint density at radius 2 is 1.32 bits per heavy atom. The molecule has 2 fully saturated rings. The minimum Gasteiger partial charge on any atom is -0.335 e. The van der Waals surface area contributed by atoms with E-state index in [1.165, 1.54) is 0 Å². The number of carbonyl (C=O) groups is 3. The Morgan fingerprint density at radius 3 is 1.93 bits per heavy atom. The van der Waals surface area contributed by atoms with Gasteiger partial charge in [-0.2, -0.15) is 0 Å². The highest BCUT2D eigenvalue weighted by Crippen LogP contribution is 2.30. The van der Waals surface area contributed by atoms with E-state index in [1.54, 1.807) is 46.2 Å². The standard InChI is InChI=1S/C22H23N3O3/c26-20(16-9-10-16)23-19-8-4-7-18(15-19)22(28)25-13-11-24(12-14-25)21(27)17-5-2-1-3-6-17/h1-8,15-16H,9-14H2,(H,23,26). The van der Waals surface area contributed by atoms with Crippen LogP contribution in [0.3, 0.4) is 0 Å². The number of rotatable bonds is 4. The summed E-state index contributed by atoms with van der Waals surface area (Å²) in [5.41, 5.74) is 1.87. The van der Waals surface area contributed by atoms with E-state index in [2.05, 4.69) is 5.32 Å². The third kappa shape index (κ3) is 4.06. The number of nitrogens with one attached hydrogen (secondary N) is 1. The molecular weight excluding hydrogens is 354 g/mol. The molecule has 0 unspecified atom stereocenters. The third-order valence-corrected chi connectivity index (χ3v) is 5.20. The van der Waals surface area contributed by atoms with Gasteiger partial charge in [-0.05, 0) is 43.2 Å². The molecule has 1 aliphatic heterocycles. The quantitative estimate of drug-likeness (QED) is 0.891. The Balaban J connectivity index is 1.36. The monoisotopic (exact) mass is 377 g/mol. The zero-order valence-corrected chi connectivity index (χ0v) is 15.6. The van der Waals surface area contributed by atoms with Gasteiger partial charge < -0.3 is 15.1 Å². The molecule has 144 valence electrons. The van der Waals surface area contributed by atoms with Gasteiger partial charge in [-0.25, -0.2) is 0 Å². The molecule has 0 atom stereocenters. The van der Waals surface area contributed by atoms with E-state index in [-0.39, 0.29) is 23.6 Å². The van der Waals surface area contributed by atoms with E-state index < -0.39 is 0 Å². The maximum atomic E-state index is 12.8. The topological polar surface area (TPSA) is 69.7 Å². The van der Waals surface area contributed by atoms with Crippen LogP contribution < -0.4 is 5.32 Å². The van der Waals surface area contributed by atoms with Crippen molar-refractivity contribution in [2.75, 3.05) is 31.5 Å². The maximum Gasteiger partial charge on any atom is 0.254 e. The van der Waals surface area contributed by atoms with Crippen molar-refractivity contribution in [2.24, 2.45) is 5.92 Å². The zero-order valence-electron chi connectivity index (χ0n) is 15.6. The molecule has 0 aromatic heterocycles. The number of hydrogen-bond donors (Lipinski definition) is 1. The summed E-state index contributed by atoms with van der Waals surface area (Å²) in [6, 6.07) is 16.3. The van der Waals surface area contributed by atoms with Crippen molar-refractivity contribution < 1.29 is 14.4 Å². The second kappa shape index (κ2) is 7.84. The molecular formula is C22H23N3O3. The summed E-state index contributed by atoms with van der Waals surface area (Å²) in [4.78, 5) is 40.9. The highest BCUT2D eigenvalue weighted by atomic mass is 16.2. The van der Waals surface area contributed by atoms with Crippen molar-refractivity contribution in [1.29, 1.82) is 0 Å². The van der Waals surface area contributed by atoms with E-state index in [1.807, 2.05) is 18.2 Å². The molecule has 4 rings (SSSR count). The van der Waals surface area contributed by atoms with E-state index >= 15 is 0 Å². The van der Waals surface area contributed by atoms with E-state index in [9.17, 15) is 14.4 Å². The van der Waals surface area contributed by atoms with Crippen LogP contribution >= 0.6 is 0 Å². The molecule has 2 aromatic carbocycles. The molecule has 2 aliphatic rings. The number of amides is 3. The molecule has 28 heavy (non-hydrogen) atoms. The van der Waals surface area contributed by atoms with Crippen molar-refractivity contribution in [3.63, 3.8) is 0 Å². The van der Waals surface area contributed by atoms with Crippen molar-refractivity contribution in [1.82, 2.24) is 9.80 Å². The second-order valence-electron chi connectivity index (χ2n) is 7.29. The molecule has 1 N–H and O–H groups in total. The lowest BCUT2D eigenvalue weighted by molar-refractivity contribution is -0.117. The van der Waals surface area contributed by atoms with Crippen molar-refractivity contribution >= 4 is 23.4 Å². The summed E-state index contributed by atoms with van der Waals surface area (Å²) in [5.74, 6) is 0.0686. The van der Waals surface area contributed by atoms with Gasteiger partial charge in [-0.15, -0.1) is 0 Å². The lowest BCUT2D eigenvalue weighted by Gasteiger charge is -2.35. The highest BCUT2D eigenvalue weighted by Gasteiger charge is 2.30. The summed E-state index contributed by atoms with van der Waals surface area (Å²) in [5, 5.41) is 2.88. The molecule has 1 saturated heterocycles. The van der Waals surface area contributed by atoms with Crippen LogP contribution in [0.5, 0.6) is 0 Å². The molecule has 0 radical (unpaired) electrons. The van der Waals surface area contributed by atoms with Gasteiger partial charge in [0.25, 0.3) is 11.8 Å². The molecule has 6 nitrogen and oxygen atoms in total. The summed E-state index contributed by atoms with van der Waals surface area (Å²) in [6.07, 6.45) is 1.88. The zero-order chi connectivity index (χ0) is 19.5. The molecule has 3 amide bonds. The van der Waals surface area contributed by atoms with Crippen LogP contribution in [0.4, 0.5) is 5.69 Å². The molecule has 0 spiro atoms. The first-order valence-electron chi connectivity index (χ1n) is 9.66. The maximum absolute atomic E-state index is 12.8. The summed E-state index contributed by atoms with van der Waals surface area (Å²) in [7, 11) is 0. The predicted octanol–water partition coefficient (Wildman–Crippen LogP) is 2.63. The number of benzene rings is 2. The van der Waals surface area contributed by atoms with Crippen molar-refractivity contribution in [3.8, 4) is 0 Å². The number of piperazine rings is 1. The van der Waals surface area contributed by atoms with Gasteiger partial charge in [0, 0.05) is 48.9 Å². The smallest absolute Gasteiger partial charge is 0.254 e. The Morgan fingerprint density at radius 1 is 0.750 bits per heavy atom. The second-order valence-corrected chi connectivity index (χ2v) is 7.29. The lowest BCUT2D eigenvalue weighted by Crippen LogP contribution is -2.50. The number of hydrogen-bond acceptors (Lipinski definition) is 3. The van der Waals surface area contributed by atoms with Gasteiger partial charge in [0.2, 0.25) is 5.91 Å². The summed E-state index contributed by atoms with van der Waals surface area (Å²) in [6.45, 7) is 2.02. The normalized spacial score (nSPS) is 16.6. The molecule has 1 heterocycles. The van der Waals surface area contributed by atoms with Gasteiger partial charge in [0.05, 0.1) is 0 Å². The fourth-order valence-electron chi connectivity index (χ4n) is 3.38. The average molecular weight is 377 g/mol. The van der Waals surface area contributed by atoms with Crippen LogP contribution in [0.2, 0.25) is 0 Å². The van der Waals surface area contributed by atoms with Crippen LogP contribution in [0, 0.1) is 5.92 Å². The largest absolute Gasteiger partial charge is 0.335 e. The SMILES string of the molecule is O=C(Nc1cccc(C(=O)N2CCN(C(=O)c3ccccc3)CC2)c1)C1CC1. The average Bonchev–Trinajstić information content (AvgIpc) is 3.59. The number of nitrogens with zero attached hydrogens (tertiary/aromatic N) is 2. The van der Waals surface area contributed by atoms with Crippen LogP contribution in [-0.4, -0.2) is 53.7 Å². The Labute approximate surface area is 164 Å². The van der Waals surface area contributed by atoms with Crippen LogP contribution in [0.25, 0.3) is 0 Å². The minimum absolute atomic E-state index is 0.00233. The van der Waals surface area contributed by atoms with E-state index in [4.69, 9.17) is 0 Å². The van der Waals surface area contributed by atoms with Gasteiger partial charge in [0.1, 0.15) is 0 Å². The fraction of sp³-hybridized carbons (Fsp3) is 0.318. The first kappa shape index (κ1) is 18.2. The molecule has 1 saturated carbocycles. The predicted molar refractivity (Wildman–Crippen MR) is 106 cm³/mol. The van der Waals surface area contributed by atoms with Gasteiger partial charge in [0.15, 0.2) is 0 Å². The van der Waals surface area contributed by atoms with Crippen LogP contribution in [0.1, 0.15) is 33.6 Å².